The van der Waals surface area contributed by atoms with E-state index in [0.29, 0.717) is 12.8 Å². The number of carbonyl (C=O) groups excluding carboxylic acids is 1. The lowest BCUT2D eigenvalue weighted by Gasteiger charge is -2.36. The monoisotopic (exact) mass is 260 g/mol. The minimum Gasteiger partial charge on any atom is -0.314 e. The zero-order valence-electron chi connectivity index (χ0n) is 10.6. The number of nitriles is 1. The van der Waals surface area contributed by atoms with Gasteiger partial charge in [0.1, 0.15) is 5.41 Å². The summed E-state index contributed by atoms with van der Waals surface area (Å²) < 4.78 is 0. The summed E-state index contributed by atoms with van der Waals surface area (Å²) in [6.07, 6.45) is 4.37. The summed E-state index contributed by atoms with van der Waals surface area (Å²) in [5.41, 5.74) is 0.0757. The lowest BCUT2D eigenvalue weighted by Crippen LogP contribution is -2.45. The van der Waals surface area contributed by atoms with Gasteiger partial charge in [-0.25, -0.2) is 0 Å². The largest absolute Gasteiger partial charge is 0.314 e. The van der Waals surface area contributed by atoms with Gasteiger partial charge in [0.15, 0.2) is 0 Å². The van der Waals surface area contributed by atoms with Crippen molar-refractivity contribution in [3.63, 3.8) is 0 Å². The Balaban J connectivity index is 2.18. The third kappa shape index (κ3) is 2.11. The summed E-state index contributed by atoms with van der Waals surface area (Å²) in [5.74, 6) is -0.0758. The van der Waals surface area contributed by atoms with Crippen LogP contribution < -0.4 is 4.90 Å². The standard InChI is InChI=1S/C14H16N2OS/c1-16(11-4-6-12(18-2)7-5-11)13(17)14(10-15)8-3-9-14/h4-7H,3,8-9H2,1-2H3. The molecular weight excluding hydrogens is 244 g/mol. The zero-order chi connectivity index (χ0) is 13.2. The Bertz CT molecular complexity index is 486. The second-order valence-electron chi connectivity index (χ2n) is 4.61. The fourth-order valence-electron chi connectivity index (χ4n) is 2.15. The van der Waals surface area contributed by atoms with Gasteiger partial charge in [0.2, 0.25) is 5.91 Å². The van der Waals surface area contributed by atoms with Gasteiger partial charge in [-0.1, -0.05) is 0 Å². The van der Waals surface area contributed by atoms with E-state index in [9.17, 15) is 10.1 Å². The first kappa shape index (κ1) is 13.0. The quantitative estimate of drug-likeness (QED) is 0.784. The number of thioether (sulfide) groups is 1. The van der Waals surface area contributed by atoms with E-state index in [1.807, 2.05) is 30.5 Å². The maximum absolute atomic E-state index is 12.3. The maximum Gasteiger partial charge on any atom is 0.247 e. The smallest absolute Gasteiger partial charge is 0.247 e. The van der Waals surface area contributed by atoms with Crippen molar-refractivity contribution in [2.24, 2.45) is 5.41 Å². The molecule has 0 radical (unpaired) electrons. The summed E-state index contributed by atoms with van der Waals surface area (Å²) in [7, 11) is 1.74. The topological polar surface area (TPSA) is 44.1 Å². The van der Waals surface area contributed by atoms with Crippen molar-refractivity contribution in [2.45, 2.75) is 24.2 Å². The fraction of sp³-hybridized carbons (Fsp3) is 0.429. The fourth-order valence-corrected chi connectivity index (χ4v) is 2.56. The van der Waals surface area contributed by atoms with Crippen molar-refractivity contribution in [3.8, 4) is 6.07 Å². The first-order valence-corrected chi connectivity index (χ1v) is 7.19. The third-order valence-corrected chi connectivity index (χ3v) is 4.34. The van der Waals surface area contributed by atoms with Crippen molar-refractivity contribution in [1.29, 1.82) is 5.26 Å². The minimum atomic E-state index is -0.771. The van der Waals surface area contributed by atoms with Crippen LogP contribution in [0.1, 0.15) is 19.3 Å². The molecule has 0 heterocycles. The molecule has 0 bridgehead atoms. The molecule has 94 valence electrons. The predicted molar refractivity (Wildman–Crippen MR) is 73.5 cm³/mol. The molecule has 1 amide bonds. The van der Waals surface area contributed by atoms with Crippen LogP contribution in [0, 0.1) is 16.7 Å². The van der Waals surface area contributed by atoms with Crippen LogP contribution in [0.15, 0.2) is 29.2 Å². The van der Waals surface area contributed by atoms with Crippen LogP contribution in [0.4, 0.5) is 5.69 Å². The van der Waals surface area contributed by atoms with E-state index in [0.717, 1.165) is 12.1 Å². The summed E-state index contributed by atoms with van der Waals surface area (Å²) in [4.78, 5) is 15.1. The van der Waals surface area contributed by atoms with Crippen LogP contribution in [0.5, 0.6) is 0 Å². The van der Waals surface area contributed by atoms with Crippen molar-refractivity contribution in [3.05, 3.63) is 24.3 Å². The number of carbonyl (C=O) groups is 1. The van der Waals surface area contributed by atoms with Gasteiger partial charge in [0.05, 0.1) is 6.07 Å². The molecule has 0 spiro atoms. The molecule has 18 heavy (non-hydrogen) atoms. The first-order chi connectivity index (χ1) is 8.63. The highest BCUT2D eigenvalue weighted by atomic mass is 32.2. The van der Waals surface area contributed by atoms with E-state index >= 15 is 0 Å². The van der Waals surface area contributed by atoms with Gasteiger partial charge in [-0.05, 0) is 49.8 Å². The molecule has 0 N–H and O–H groups in total. The molecule has 0 aromatic heterocycles. The van der Waals surface area contributed by atoms with Crippen molar-refractivity contribution >= 4 is 23.4 Å². The van der Waals surface area contributed by atoms with Gasteiger partial charge < -0.3 is 4.90 Å². The Morgan fingerprint density at radius 1 is 1.39 bits per heavy atom. The second-order valence-corrected chi connectivity index (χ2v) is 5.49. The molecule has 1 aromatic rings. The normalized spacial score (nSPS) is 16.5. The summed E-state index contributed by atoms with van der Waals surface area (Å²) in [5, 5.41) is 9.18. The van der Waals surface area contributed by atoms with Crippen LogP contribution in [0.2, 0.25) is 0 Å². The van der Waals surface area contributed by atoms with Gasteiger partial charge >= 0.3 is 0 Å². The summed E-state index contributed by atoms with van der Waals surface area (Å²) in [6.45, 7) is 0. The summed E-state index contributed by atoms with van der Waals surface area (Å²) in [6, 6.07) is 10.0. The lowest BCUT2D eigenvalue weighted by molar-refractivity contribution is -0.128. The van der Waals surface area contributed by atoms with Crippen LogP contribution >= 0.6 is 11.8 Å². The third-order valence-electron chi connectivity index (χ3n) is 3.59. The van der Waals surface area contributed by atoms with Gasteiger partial charge in [0, 0.05) is 17.6 Å². The van der Waals surface area contributed by atoms with E-state index in [1.165, 1.54) is 4.90 Å². The van der Waals surface area contributed by atoms with Crippen molar-refractivity contribution in [2.75, 3.05) is 18.2 Å². The summed E-state index contributed by atoms with van der Waals surface area (Å²) >= 11 is 1.67. The predicted octanol–water partition coefficient (Wildman–Crippen LogP) is 3.07. The Kier molecular flexibility index (Phi) is 3.63. The van der Waals surface area contributed by atoms with Gasteiger partial charge in [-0.2, -0.15) is 5.26 Å². The molecule has 0 unspecified atom stereocenters. The molecule has 0 atom stereocenters. The molecule has 1 saturated carbocycles. The van der Waals surface area contributed by atoms with E-state index in [1.54, 1.807) is 23.7 Å². The number of anilines is 1. The van der Waals surface area contributed by atoms with E-state index < -0.39 is 5.41 Å². The molecule has 1 aliphatic rings. The second kappa shape index (κ2) is 5.03. The molecule has 3 nitrogen and oxygen atoms in total. The Morgan fingerprint density at radius 3 is 2.39 bits per heavy atom. The number of rotatable bonds is 3. The molecule has 1 aromatic carbocycles. The highest BCUT2D eigenvalue weighted by molar-refractivity contribution is 7.98. The highest BCUT2D eigenvalue weighted by Crippen LogP contribution is 2.42. The molecule has 0 saturated heterocycles. The SMILES string of the molecule is CSc1ccc(N(C)C(=O)C2(C#N)CCC2)cc1. The molecule has 1 fully saturated rings. The highest BCUT2D eigenvalue weighted by Gasteiger charge is 2.46. The van der Waals surface area contributed by atoms with Crippen molar-refractivity contribution < 1.29 is 4.79 Å². The molecule has 2 rings (SSSR count). The number of benzene rings is 1. The number of hydrogen-bond donors (Lipinski definition) is 0. The van der Waals surface area contributed by atoms with Crippen LogP contribution in [0.3, 0.4) is 0 Å². The number of hydrogen-bond acceptors (Lipinski definition) is 3. The average molecular weight is 260 g/mol. The molecule has 4 heteroatoms. The van der Waals surface area contributed by atoms with Crippen molar-refractivity contribution in [1.82, 2.24) is 0 Å². The molecular formula is C14H16N2OS. The Labute approximate surface area is 112 Å². The Morgan fingerprint density at radius 2 is 2.00 bits per heavy atom. The minimum absolute atomic E-state index is 0.0758. The lowest BCUT2D eigenvalue weighted by atomic mass is 9.69. The number of amides is 1. The zero-order valence-corrected chi connectivity index (χ0v) is 11.5. The first-order valence-electron chi connectivity index (χ1n) is 5.96. The van der Waals surface area contributed by atoms with Crippen LogP contribution in [-0.4, -0.2) is 19.2 Å². The van der Waals surface area contributed by atoms with Gasteiger partial charge in [0.25, 0.3) is 0 Å². The average Bonchev–Trinajstić information content (AvgIpc) is 2.37. The van der Waals surface area contributed by atoms with Crippen LogP contribution in [-0.2, 0) is 4.79 Å². The maximum atomic E-state index is 12.3. The molecule has 0 aliphatic heterocycles. The van der Waals surface area contributed by atoms with E-state index in [-0.39, 0.29) is 5.91 Å². The van der Waals surface area contributed by atoms with Gasteiger partial charge in [-0.15, -0.1) is 11.8 Å². The van der Waals surface area contributed by atoms with E-state index in [4.69, 9.17) is 0 Å². The van der Waals surface area contributed by atoms with E-state index in [2.05, 4.69) is 6.07 Å². The number of nitrogens with zero attached hydrogens (tertiary/aromatic N) is 2. The van der Waals surface area contributed by atoms with Crippen LogP contribution in [0.25, 0.3) is 0 Å². The molecule has 1 aliphatic carbocycles. The Hall–Kier alpha value is -1.47. The van der Waals surface area contributed by atoms with Gasteiger partial charge in [-0.3, -0.25) is 4.79 Å².